The van der Waals surface area contributed by atoms with Gasteiger partial charge in [-0.1, -0.05) is 12.1 Å². The number of hydrogen-bond acceptors (Lipinski definition) is 4. The number of likely N-dealkylation sites (N-methyl/N-ethyl adjacent to an activating group) is 1. The molecule has 6 heteroatoms. The predicted molar refractivity (Wildman–Crippen MR) is 73.1 cm³/mol. The molecule has 1 amide bonds. The van der Waals surface area contributed by atoms with E-state index in [0.717, 1.165) is 0 Å². The van der Waals surface area contributed by atoms with Crippen molar-refractivity contribution in [2.24, 2.45) is 0 Å². The first-order valence-electron chi connectivity index (χ1n) is 6.26. The number of nitrogens with zero attached hydrogens (tertiary/aromatic N) is 1. The van der Waals surface area contributed by atoms with Crippen LogP contribution in [-0.2, 0) is 9.53 Å². The van der Waals surface area contributed by atoms with Crippen LogP contribution in [0.3, 0.4) is 0 Å². The summed E-state index contributed by atoms with van der Waals surface area (Å²) in [6.07, 6.45) is 0. The van der Waals surface area contributed by atoms with Crippen molar-refractivity contribution < 1.29 is 18.7 Å². The first kappa shape index (κ1) is 16.3. The largest absolute Gasteiger partial charge is 0.383 e. The maximum absolute atomic E-state index is 13.4. The van der Waals surface area contributed by atoms with Crippen molar-refractivity contribution in [2.45, 2.75) is 0 Å². The topological polar surface area (TPSA) is 58.6 Å². The standard InChI is InChI=1S/C14H19FN2O3/c1-17(10-14(19)16-7-8-20-2)9-13(18)11-5-3-4-6-12(11)15/h3-6H,7-10H2,1-2H3,(H,16,19). The summed E-state index contributed by atoms with van der Waals surface area (Å²) < 4.78 is 18.2. The number of amides is 1. The summed E-state index contributed by atoms with van der Waals surface area (Å²) in [5, 5.41) is 2.65. The van der Waals surface area contributed by atoms with E-state index < -0.39 is 5.82 Å². The number of Topliss-reactive ketones (excluding diaryl/α,β-unsaturated/α-hetero) is 1. The number of carbonyl (C=O) groups excluding carboxylic acids is 2. The van der Waals surface area contributed by atoms with E-state index in [9.17, 15) is 14.0 Å². The van der Waals surface area contributed by atoms with E-state index in [1.807, 2.05) is 0 Å². The fraction of sp³-hybridized carbons (Fsp3) is 0.429. The molecule has 0 saturated heterocycles. The molecular formula is C14H19FN2O3. The lowest BCUT2D eigenvalue weighted by Crippen LogP contribution is -2.38. The molecule has 0 spiro atoms. The van der Waals surface area contributed by atoms with Crippen LogP contribution in [0.2, 0.25) is 0 Å². The van der Waals surface area contributed by atoms with E-state index in [0.29, 0.717) is 13.2 Å². The van der Waals surface area contributed by atoms with E-state index in [2.05, 4.69) is 5.32 Å². The number of halogens is 1. The normalized spacial score (nSPS) is 10.6. The Morgan fingerprint density at radius 2 is 2.00 bits per heavy atom. The highest BCUT2D eigenvalue weighted by atomic mass is 19.1. The van der Waals surface area contributed by atoms with Crippen LogP contribution in [0.25, 0.3) is 0 Å². The van der Waals surface area contributed by atoms with Gasteiger partial charge in [0.25, 0.3) is 0 Å². The SMILES string of the molecule is COCCNC(=O)CN(C)CC(=O)c1ccccc1F. The minimum absolute atomic E-state index is 0.0152. The summed E-state index contributed by atoms with van der Waals surface area (Å²) in [5.41, 5.74) is 0.0409. The number of hydrogen-bond donors (Lipinski definition) is 1. The zero-order chi connectivity index (χ0) is 15.0. The molecule has 5 nitrogen and oxygen atoms in total. The number of benzene rings is 1. The molecule has 0 bridgehead atoms. The van der Waals surface area contributed by atoms with Gasteiger partial charge >= 0.3 is 0 Å². The van der Waals surface area contributed by atoms with Gasteiger partial charge in [-0.25, -0.2) is 4.39 Å². The maximum Gasteiger partial charge on any atom is 0.234 e. The Labute approximate surface area is 117 Å². The van der Waals surface area contributed by atoms with Gasteiger partial charge in [-0.3, -0.25) is 14.5 Å². The monoisotopic (exact) mass is 282 g/mol. The zero-order valence-corrected chi connectivity index (χ0v) is 11.7. The van der Waals surface area contributed by atoms with Crippen LogP contribution in [0.4, 0.5) is 4.39 Å². The van der Waals surface area contributed by atoms with Crippen LogP contribution in [0.15, 0.2) is 24.3 Å². The van der Waals surface area contributed by atoms with Crippen LogP contribution >= 0.6 is 0 Å². The Hall–Kier alpha value is -1.79. The molecule has 20 heavy (non-hydrogen) atoms. The predicted octanol–water partition coefficient (Wildman–Crippen LogP) is 0.703. The van der Waals surface area contributed by atoms with Gasteiger partial charge in [0.1, 0.15) is 5.82 Å². The van der Waals surface area contributed by atoms with Gasteiger partial charge in [0.2, 0.25) is 5.91 Å². The fourth-order valence-corrected chi connectivity index (χ4v) is 1.67. The molecule has 0 atom stereocenters. The lowest BCUT2D eigenvalue weighted by molar-refractivity contribution is -0.122. The number of ether oxygens (including phenoxy) is 1. The second-order valence-electron chi connectivity index (χ2n) is 4.42. The molecule has 1 aromatic rings. The molecule has 1 N–H and O–H groups in total. The number of nitrogens with one attached hydrogen (secondary N) is 1. The molecule has 1 aromatic carbocycles. The van der Waals surface area contributed by atoms with Gasteiger partial charge in [0, 0.05) is 13.7 Å². The summed E-state index contributed by atoms with van der Waals surface area (Å²) >= 11 is 0. The number of methoxy groups -OCH3 is 1. The maximum atomic E-state index is 13.4. The Morgan fingerprint density at radius 3 is 2.65 bits per heavy atom. The Morgan fingerprint density at radius 1 is 1.30 bits per heavy atom. The molecule has 0 saturated carbocycles. The van der Waals surface area contributed by atoms with Crippen LogP contribution < -0.4 is 5.32 Å². The van der Waals surface area contributed by atoms with E-state index in [-0.39, 0.29) is 30.3 Å². The van der Waals surface area contributed by atoms with Crippen molar-refractivity contribution in [1.29, 1.82) is 0 Å². The van der Waals surface area contributed by atoms with Crippen molar-refractivity contribution in [1.82, 2.24) is 10.2 Å². The summed E-state index contributed by atoms with van der Waals surface area (Å²) in [7, 11) is 3.18. The van der Waals surface area contributed by atoms with Crippen molar-refractivity contribution in [3.05, 3.63) is 35.6 Å². The molecule has 0 fully saturated rings. The number of ketones is 1. The van der Waals surface area contributed by atoms with Crippen molar-refractivity contribution in [3.63, 3.8) is 0 Å². The van der Waals surface area contributed by atoms with Crippen LogP contribution in [-0.4, -0.2) is 57.0 Å². The minimum Gasteiger partial charge on any atom is -0.383 e. The summed E-state index contributed by atoms with van der Waals surface area (Å²) in [5.74, 6) is -1.10. The van der Waals surface area contributed by atoms with E-state index in [4.69, 9.17) is 4.74 Å². The molecular weight excluding hydrogens is 263 g/mol. The van der Waals surface area contributed by atoms with Gasteiger partial charge in [0.15, 0.2) is 5.78 Å². The van der Waals surface area contributed by atoms with E-state index in [1.54, 1.807) is 20.2 Å². The second-order valence-corrected chi connectivity index (χ2v) is 4.42. The Kier molecular flexibility index (Phi) is 6.83. The van der Waals surface area contributed by atoms with Gasteiger partial charge in [-0.15, -0.1) is 0 Å². The van der Waals surface area contributed by atoms with Crippen molar-refractivity contribution in [3.8, 4) is 0 Å². The van der Waals surface area contributed by atoms with Crippen LogP contribution in [0, 0.1) is 5.82 Å². The van der Waals surface area contributed by atoms with Gasteiger partial charge < -0.3 is 10.1 Å². The third kappa shape index (κ3) is 5.46. The van der Waals surface area contributed by atoms with Crippen molar-refractivity contribution in [2.75, 3.05) is 40.4 Å². The highest BCUT2D eigenvalue weighted by Gasteiger charge is 2.14. The summed E-state index contributed by atoms with van der Waals surface area (Å²) in [4.78, 5) is 24.9. The Balaban J connectivity index is 2.42. The molecule has 0 unspecified atom stereocenters. The van der Waals surface area contributed by atoms with Gasteiger partial charge in [-0.2, -0.15) is 0 Å². The zero-order valence-electron chi connectivity index (χ0n) is 11.7. The van der Waals surface area contributed by atoms with Gasteiger partial charge in [0.05, 0.1) is 25.3 Å². The number of rotatable bonds is 8. The van der Waals surface area contributed by atoms with Crippen molar-refractivity contribution >= 4 is 11.7 Å². The summed E-state index contributed by atoms with van der Waals surface area (Å²) in [6, 6.07) is 5.81. The molecule has 110 valence electrons. The lowest BCUT2D eigenvalue weighted by Gasteiger charge is -2.15. The van der Waals surface area contributed by atoms with Crippen LogP contribution in [0.5, 0.6) is 0 Å². The molecule has 0 aliphatic heterocycles. The second kappa shape index (κ2) is 8.39. The average molecular weight is 282 g/mol. The minimum atomic E-state index is -0.546. The first-order valence-corrected chi connectivity index (χ1v) is 6.26. The molecule has 0 aromatic heterocycles. The quantitative estimate of drug-likeness (QED) is 0.563. The summed E-state index contributed by atoms with van der Waals surface area (Å²) in [6.45, 7) is 0.913. The molecule has 0 radical (unpaired) electrons. The molecule has 0 aliphatic carbocycles. The van der Waals surface area contributed by atoms with E-state index in [1.165, 1.54) is 23.1 Å². The highest BCUT2D eigenvalue weighted by Crippen LogP contribution is 2.07. The third-order valence-corrected chi connectivity index (χ3v) is 2.63. The molecule has 0 heterocycles. The number of carbonyl (C=O) groups is 2. The van der Waals surface area contributed by atoms with Gasteiger partial charge in [-0.05, 0) is 19.2 Å². The van der Waals surface area contributed by atoms with E-state index >= 15 is 0 Å². The smallest absolute Gasteiger partial charge is 0.234 e. The average Bonchev–Trinajstić information content (AvgIpc) is 2.39. The van der Waals surface area contributed by atoms with Crippen LogP contribution in [0.1, 0.15) is 10.4 Å². The first-order chi connectivity index (χ1) is 9.54. The Bertz CT molecular complexity index is 465. The third-order valence-electron chi connectivity index (χ3n) is 2.63. The molecule has 1 rings (SSSR count). The highest BCUT2D eigenvalue weighted by molar-refractivity contribution is 5.98. The molecule has 0 aliphatic rings. The fourth-order valence-electron chi connectivity index (χ4n) is 1.67. The lowest BCUT2D eigenvalue weighted by atomic mass is 10.1.